The standard InChI is InChI=1S/C23H30N2O/c1-16-8-7-9-17(2)20(16)22(26)24-21(18-10-5-4-6-11-18)23-14-12-19(13-15-23)25(23)3/h4-10,18-19,21H,11-15H2,1-3H3,(H,24,26)/t18?,19?,21-,23?/m1/s1. The van der Waals surface area contributed by atoms with Crippen molar-refractivity contribution in [1.82, 2.24) is 10.2 Å². The van der Waals surface area contributed by atoms with E-state index < -0.39 is 0 Å². The third kappa shape index (κ3) is 2.73. The van der Waals surface area contributed by atoms with Crippen LogP contribution < -0.4 is 5.32 Å². The van der Waals surface area contributed by atoms with Gasteiger partial charge in [-0.2, -0.15) is 0 Å². The molecule has 2 saturated heterocycles. The smallest absolute Gasteiger partial charge is 0.252 e. The van der Waals surface area contributed by atoms with Gasteiger partial charge in [-0.25, -0.2) is 0 Å². The molecule has 0 radical (unpaired) electrons. The minimum absolute atomic E-state index is 0.0895. The first-order chi connectivity index (χ1) is 12.5. The minimum atomic E-state index is 0.0895. The van der Waals surface area contributed by atoms with Gasteiger partial charge in [0.1, 0.15) is 0 Å². The average Bonchev–Trinajstić information content (AvgIpc) is 3.13. The van der Waals surface area contributed by atoms with E-state index >= 15 is 0 Å². The van der Waals surface area contributed by atoms with Crippen LogP contribution in [0.4, 0.5) is 0 Å². The summed E-state index contributed by atoms with van der Waals surface area (Å²) >= 11 is 0. The number of likely N-dealkylation sites (N-methyl/N-ethyl adjacent to an activating group) is 1. The van der Waals surface area contributed by atoms with Crippen LogP contribution in [0.3, 0.4) is 0 Å². The van der Waals surface area contributed by atoms with Crippen molar-refractivity contribution in [2.24, 2.45) is 5.92 Å². The molecule has 0 spiro atoms. The van der Waals surface area contributed by atoms with Crippen molar-refractivity contribution in [2.75, 3.05) is 7.05 Å². The van der Waals surface area contributed by atoms with Crippen LogP contribution in [0.2, 0.25) is 0 Å². The fraction of sp³-hybridized carbons (Fsp3) is 0.522. The molecule has 138 valence electrons. The molecule has 1 aromatic rings. The van der Waals surface area contributed by atoms with Crippen LogP contribution in [-0.2, 0) is 0 Å². The SMILES string of the molecule is Cc1cccc(C)c1C(=O)N[C@H](C1C=CC=CC1)C12CCC(CC1)N2C. The number of amides is 1. The molecular formula is C23H30N2O. The second-order valence-electron chi connectivity index (χ2n) is 8.38. The number of allylic oxidation sites excluding steroid dienone is 3. The lowest BCUT2D eigenvalue weighted by atomic mass is 9.74. The molecule has 2 fully saturated rings. The molecule has 4 rings (SSSR count). The van der Waals surface area contributed by atoms with Gasteiger partial charge in [0.15, 0.2) is 0 Å². The van der Waals surface area contributed by atoms with Crippen molar-refractivity contribution in [2.45, 2.75) is 63.6 Å². The van der Waals surface area contributed by atoms with Crippen molar-refractivity contribution in [3.63, 3.8) is 0 Å². The zero-order valence-corrected chi connectivity index (χ0v) is 16.2. The van der Waals surface area contributed by atoms with Crippen LogP contribution in [-0.4, -0.2) is 35.5 Å². The molecule has 2 heterocycles. The molecule has 3 heteroatoms. The molecule has 1 aliphatic carbocycles. The largest absolute Gasteiger partial charge is 0.347 e. The highest BCUT2D eigenvalue weighted by Crippen LogP contribution is 2.49. The Hall–Kier alpha value is -1.87. The molecular weight excluding hydrogens is 320 g/mol. The Morgan fingerprint density at radius 2 is 1.88 bits per heavy atom. The normalized spacial score (nSPS) is 31.3. The first kappa shape index (κ1) is 17.5. The highest BCUT2D eigenvalue weighted by atomic mass is 16.1. The van der Waals surface area contributed by atoms with Crippen molar-refractivity contribution in [3.8, 4) is 0 Å². The summed E-state index contributed by atoms with van der Waals surface area (Å²) in [7, 11) is 2.27. The van der Waals surface area contributed by atoms with Gasteiger partial charge in [0.2, 0.25) is 0 Å². The number of hydrogen-bond acceptors (Lipinski definition) is 2. The van der Waals surface area contributed by atoms with Crippen LogP contribution in [0.15, 0.2) is 42.5 Å². The maximum atomic E-state index is 13.3. The van der Waals surface area contributed by atoms with E-state index in [-0.39, 0.29) is 17.5 Å². The summed E-state index contributed by atoms with van der Waals surface area (Å²) in [5.41, 5.74) is 3.07. The molecule has 3 aliphatic rings. The van der Waals surface area contributed by atoms with Gasteiger partial charge in [0.05, 0.1) is 6.04 Å². The van der Waals surface area contributed by atoms with E-state index in [0.717, 1.165) is 23.1 Å². The van der Waals surface area contributed by atoms with Gasteiger partial charge < -0.3 is 5.32 Å². The van der Waals surface area contributed by atoms with Crippen molar-refractivity contribution in [1.29, 1.82) is 0 Å². The van der Waals surface area contributed by atoms with E-state index in [1.165, 1.54) is 25.7 Å². The Kier molecular flexibility index (Phi) is 4.52. The van der Waals surface area contributed by atoms with Gasteiger partial charge in [0, 0.05) is 23.1 Å². The second kappa shape index (κ2) is 6.70. The molecule has 1 unspecified atom stereocenters. The first-order valence-electron chi connectivity index (χ1n) is 9.96. The fourth-order valence-corrected chi connectivity index (χ4v) is 5.61. The number of nitrogens with zero attached hydrogens (tertiary/aromatic N) is 1. The topological polar surface area (TPSA) is 32.3 Å². The molecule has 0 saturated carbocycles. The molecule has 1 aromatic carbocycles. The van der Waals surface area contributed by atoms with E-state index in [1.807, 2.05) is 32.0 Å². The zero-order valence-electron chi connectivity index (χ0n) is 16.2. The molecule has 0 aromatic heterocycles. The fourth-order valence-electron chi connectivity index (χ4n) is 5.61. The summed E-state index contributed by atoms with van der Waals surface area (Å²) in [6.45, 7) is 4.07. The number of carbonyl (C=O) groups is 1. The first-order valence-corrected chi connectivity index (χ1v) is 9.96. The number of rotatable bonds is 4. The molecule has 1 N–H and O–H groups in total. The molecule has 2 bridgehead atoms. The van der Waals surface area contributed by atoms with E-state index in [4.69, 9.17) is 0 Å². The zero-order chi connectivity index (χ0) is 18.3. The van der Waals surface area contributed by atoms with Crippen LogP contribution in [0, 0.1) is 19.8 Å². The summed E-state index contributed by atoms with van der Waals surface area (Å²) in [6, 6.07) is 6.95. The Morgan fingerprint density at radius 1 is 1.19 bits per heavy atom. The monoisotopic (exact) mass is 350 g/mol. The lowest BCUT2D eigenvalue weighted by Gasteiger charge is -2.44. The highest BCUT2D eigenvalue weighted by Gasteiger charge is 2.55. The van der Waals surface area contributed by atoms with Crippen LogP contribution >= 0.6 is 0 Å². The summed E-state index contributed by atoms with van der Waals surface area (Å²) in [5.74, 6) is 0.458. The summed E-state index contributed by atoms with van der Waals surface area (Å²) in [5, 5.41) is 3.51. The third-order valence-corrected chi connectivity index (χ3v) is 7.09. The Morgan fingerprint density at radius 3 is 2.42 bits per heavy atom. The van der Waals surface area contributed by atoms with E-state index in [0.29, 0.717) is 12.0 Å². The predicted octanol–water partition coefficient (Wildman–Crippen LogP) is 4.16. The van der Waals surface area contributed by atoms with Crippen molar-refractivity contribution >= 4 is 5.91 Å². The van der Waals surface area contributed by atoms with Crippen molar-refractivity contribution < 1.29 is 4.79 Å². The van der Waals surface area contributed by atoms with Gasteiger partial charge in [-0.05, 0) is 64.1 Å². The van der Waals surface area contributed by atoms with E-state index in [1.54, 1.807) is 0 Å². The molecule has 2 aliphatic heterocycles. The molecule has 2 atom stereocenters. The number of benzene rings is 1. The van der Waals surface area contributed by atoms with Gasteiger partial charge >= 0.3 is 0 Å². The lowest BCUT2D eigenvalue weighted by molar-refractivity contribution is 0.0775. The quantitative estimate of drug-likeness (QED) is 0.884. The number of carbonyl (C=O) groups excluding carboxylic acids is 1. The van der Waals surface area contributed by atoms with Crippen LogP contribution in [0.1, 0.15) is 53.6 Å². The number of fused-ring (bicyclic) bond motifs is 2. The highest BCUT2D eigenvalue weighted by molar-refractivity contribution is 5.97. The van der Waals surface area contributed by atoms with Crippen LogP contribution in [0.25, 0.3) is 0 Å². The molecule has 1 amide bonds. The maximum Gasteiger partial charge on any atom is 0.252 e. The predicted molar refractivity (Wildman–Crippen MR) is 106 cm³/mol. The number of nitrogens with one attached hydrogen (secondary N) is 1. The van der Waals surface area contributed by atoms with Gasteiger partial charge in [-0.3, -0.25) is 9.69 Å². The summed E-state index contributed by atoms with van der Waals surface area (Å²) < 4.78 is 0. The summed E-state index contributed by atoms with van der Waals surface area (Å²) in [6.07, 6.45) is 14.7. The van der Waals surface area contributed by atoms with Crippen LogP contribution in [0.5, 0.6) is 0 Å². The van der Waals surface area contributed by atoms with E-state index in [9.17, 15) is 4.79 Å². The average molecular weight is 351 g/mol. The number of aryl methyl sites for hydroxylation is 2. The van der Waals surface area contributed by atoms with E-state index in [2.05, 4.69) is 41.6 Å². The number of hydrogen-bond donors (Lipinski definition) is 1. The maximum absolute atomic E-state index is 13.3. The third-order valence-electron chi connectivity index (χ3n) is 7.09. The molecule has 26 heavy (non-hydrogen) atoms. The second-order valence-corrected chi connectivity index (χ2v) is 8.38. The Balaban J connectivity index is 1.67. The van der Waals surface area contributed by atoms with Gasteiger partial charge in [-0.15, -0.1) is 0 Å². The Labute approximate surface area is 157 Å². The van der Waals surface area contributed by atoms with Gasteiger partial charge in [0.25, 0.3) is 5.91 Å². The van der Waals surface area contributed by atoms with Crippen molar-refractivity contribution in [3.05, 3.63) is 59.2 Å². The van der Waals surface area contributed by atoms with Gasteiger partial charge in [-0.1, -0.05) is 42.5 Å². The summed E-state index contributed by atoms with van der Waals surface area (Å²) in [4.78, 5) is 15.9. The molecule has 3 nitrogen and oxygen atoms in total. The minimum Gasteiger partial charge on any atom is -0.347 e. The lowest BCUT2D eigenvalue weighted by Crippen LogP contribution is -2.59. The Bertz CT molecular complexity index is 735.